The van der Waals surface area contributed by atoms with Gasteiger partial charge < -0.3 is 24.1 Å². The van der Waals surface area contributed by atoms with E-state index in [1.54, 1.807) is 0 Å². The third-order valence-electron chi connectivity index (χ3n) is 4.57. The molecule has 1 aliphatic carbocycles. The van der Waals surface area contributed by atoms with Crippen LogP contribution in [0, 0.1) is 5.92 Å². The Morgan fingerprint density at radius 3 is 2.50 bits per heavy atom. The van der Waals surface area contributed by atoms with Gasteiger partial charge in [0.1, 0.15) is 24.4 Å². The molecule has 0 aromatic carbocycles. The number of hydrogen-bond acceptors (Lipinski definition) is 7. The molecule has 0 spiro atoms. The van der Waals surface area contributed by atoms with Gasteiger partial charge in [-0.25, -0.2) is 0 Å². The van der Waals surface area contributed by atoms with Crippen LogP contribution in [0.25, 0.3) is 0 Å². The Balaban J connectivity index is 1.59. The van der Waals surface area contributed by atoms with E-state index in [1.807, 2.05) is 0 Å². The average molecular weight is 314 g/mol. The van der Waals surface area contributed by atoms with Crippen molar-refractivity contribution in [1.82, 2.24) is 0 Å². The summed E-state index contributed by atoms with van der Waals surface area (Å²) < 4.78 is 21.7. The van der Waals surface area contributed by atoms with E-state index in [1.165, 1.54) is 6.92 Å². The fourth-order valence-electron chi connectivity index (χ4n) is 3.50. The fourth-order valence-corrected chi connectivity index (χ4v) is 3.50. The van der Waals surface area contributed by atoms with E-state index in [2.05, 4.69) is 0 Å². The summed E-state index contributed by atoms with van der Waals surface area (Å²) in [5.74, 6) is -1.18. The van der Waals surface area contributed by atoms with Crippen molar-refractivity contribution in [1.29, 1.82) is 0 Å². The van der Waals surface area contributed by atoms with E-state index in [0.717, 1.165) is 12.8 Å². The number of hydrogen-bond donors (Lipinski definition) is 1. The monoisotopic (exact) mass is 314 g/mol. The summed E-state index contributed by atoms with van der Waals surface area (Å²) in [5.41, 5.74) is 0. The first-order chi connectivity index (χ1) is 10.6. The fraction of sp³-hybridized carbons (Fsp3) is 0.867. The van der Waals surface area contributed by atoms with Crippen LogP contribution in [0.2, 0.25) is 0 Å². The number of rotatable bonds is 3. The first-order valence-corrected chi connectivity index (χ1v) is 7.85. The Hall–Kier alpha value is -1.18. The van der Waals surface area contributed by atoms with Crippen molar-refractivity contribution >= 4 is 11.9 Å². The van der Waals surface area contributed by atoms with Crippen molar-refractivity contribution in [3.63, 3.8) is 0 Å². The van der Waals surface area contributed by atoms with Crippen molar-refractivity contribution < 1.29 is 33.6 Å². The van der Waals surface area contributed by atoms with Crippen LogP contribution < -0.4 is 0 Å². The number of aliphatic hydroxyl groups excluding tert-OH is 1. The maximum Gasteiger partial charge on any atom is 0.313 e. The normalized spacial score (nSPS) is 41.0. The van der Waals surface area contributed by atoms with Gasteiger partial charge in [-0.1, -0.05) is 6.42 Å². The largest absolute Gasteiger partial charge is 0.462 e. The third-order valence-corrected chi connectivity index (χ3v) is 4.57. The van der Waals surface area contributed by atoms with Gasteiger partial charge in [-0.05, 0) is 19.3 Å². The van der Waals surface area contributed by atoms with E-state index in [9.17, 15) is 14.7 Å². The summed E-state index contributed by atoms with van der Waals surface area (Å²) >= 11 is 0. The van der Waals surface area contributed by atoms with Crippen molar-refractivity contribution in [3.05, 3.63) is 0 Å². The van der Waals surface area contributed by atoms with E-state index in [0.29, 0.717) is 12.8 Å². The maximum absolute atomic E-state index is 12.4. The van der Waals surface area contributed by atoms with Crippen LogP contribution in [0.1, 0.15) is 32.6 Å². The molecule has 0 aromatic heterocycles. The van der Waals surface area contributed by atoms with Crippen LogP contribution in [0.15, 0.2) is 0 Å². The average Bonchev–Trinajstić information content (AvgIpc) is 3.03. The van der Waals surface area contributed by atoms with E-state index < -0.39 is 36.4 Å². The van der Waals surface area contributed by atoms with Crippen LogP contribution in [0.5, 0.6) is 0 Å². The topological polar surface area (TPSA) is 91.3 Å². The first kappa shape index (κ1) is 15.7. The number of aliphatic hydroxyl groups is 1. The van der Waals surface area contributed by atoms with Crippen LogP contribution in [0.4, 0.5) is 0 Å². The molecule has 0 radical (unpaired) electrons. The van der Waals surface area contributed by atoms with Crippen LogP contribution >= 0.6 is 0 Å². The molecule has 0 aromatic rings. The quantitative estimate of drug-likeness (QED) is 0.743. The molecule has 7 heteroatoms. The lowest BCUT2D eigenvalue weighted by molar-refractivity contribution is -0.170. The number of ether oxygens (including phenoxy) is 4. The highest BCUT2D eigenvalue weighted by Gasteiger charge is 2.49. The zero-order valence-electron chi connectivity index (χ0n) is 12.6. The smallest absolute Gasteiger partial charge is 0.313 e. The Morgan fingerprint density at radius 2 is 1.73 bits per heavy atom. The molecule has 2 saturated heterocycles. The minimum atomic E-state index is -0.669. The summed E-state index contributed by atoms with van der Waals surface area (Å²) in [7, 11) is 0. The second kappa shape index (κ2) is 6.52. The van der Waals surface area contributed by atoms with Crippen molar-refractivity contribution in [2.75, 3.05) is 13.2 Å². The molecule has 22 heavy (non-hydrogen) atoms. The molecule has 0 bridgehead atoms. The zero-order valence-corrected chi connectivity index (χ0v) is 12.6. The van der Waals surface area contributed by atoms with Gasteiger partial charge in [0.2, 0.25) is 0 Å². The minimum absolute atomic E-state index is 0.197. The lowest BCUT2D eigenvalue weighted by atomic mass is 9.86. The van der Waals surface area contributed by atoms with Crippen LogP contribution in [0.3, 0.4) is 0 Å². The molecule has 0 amide bonds. The van der Waals surface area contributed by atoms with Crippen molar-refractivity contribution in [2.45, 2.75) is 63.1 Å². The van der Waals surface area contributed by atoms with Gasteiger partial charge in [0.25, 0.3) is 0 Å². The molecular weight excluding hydrogens is 292 g/mol. The standard InChI is InChI=1S/C15H22O7/c1-8(16)21-11-5-3-2-4-9(11)15(18)22-12-7-20-13-10(17)6-19-14(12)13/h9-14,17H,2-7H2,1H3/t9?,10?,11?,12-,13?,14?/m0/s1. The van der Waals surface area contributed by atoms with Gasteiger partial charge in [-0.2, -0.15) is 0 Å². The molecule has 2 aliphatic heterocycles. The highest BCUT2D eigenvalue weighted by atomic mass is 16.6. The highest BCUT2D eigenvalue weighted by Crippen LogP contribution is 2.32. The van der Waals surface area contributed by atoms with Gasteiger partial charge in [0.15, 0.2) is 6.10 Å². The van der Waals surface area contributed by atoms with E-state index in [-0.39, 0.29) is 25.2 Å². The number of carbonyl (C=O) groups is 2. The lowest BCUT2D eigenvalue weighted by Gasteiger charge is -2.30. The SMILES string of the molecule is CC(=O)OC1CCCCC1C(=O)O[C@H]1COC2C(O)COC21. The van der Waals surface area contributed by atoms with Crippen molar-refractivity contribution in [3.8, 4) is 0 Å². The second-order valence-corrected chi connectivity index (χ2v) is 6.18. The summed E-state index contributed by atoms with van der Waals surface area (Å²) in [5, 5.41) is 9.69. The molecular formula is C15H22O7. The lowest BCUT2D eigenvalue weighted by Crippen LogP contribution is -2.40. The molecule has 6 atom stereocenters. The van der Waals surface area contributed by atoms with Gasteiger partial charge in [-0.15, -0.1) is 0 Å². The summed E-state index contributed by atoms with van der Waals surface area (Å²) in [6.07, 6.45) is 0.777. The van der Waals surface area contributed by atoms with E-state index in [4.69, 9.17) is 18.9 Å². The molecule has 124 valence electrons. The second-order valence-electron chi connectivity index (χ2n) is 6.18. The van der Waals surface area contributed by atoms with Crippen molar-refractivity contribution in [2.24, 2.45) is 5.92 Å². The molecule has 1 saturated carbocycles. The Labute approximate surface area is 128 Å². The number of carbonyl (C=O) groups excluding carboxylic acids is 2. The molecule has 7 nitrogen and oxygen atoms in total. The summed E-state index contributed by atoms with van der Waals surface area (Å²) in [6, 6.07) is 0. The van der Waals surface area contributed by atoms with Gasteiger partial charge in [-0.3, -0.25) is 9.59 Å². The molecule has 1 N–H and O–H groups in total. The molecule has 3 aliphatic rings. The molecule has 3 rings (SSSR count). The Kier molecular flexibility index (Phi) is 4.65. The summed E-state index contributed by atoms with van der Waals surface area (Å²) in [4.78, 5) is 23.6. The molecule has 2 heterocycles. The highest BCUT2D eigenvalue weighted by molar-refractivity contribution is 5.74. The number of fused-ring (bicyclic) bond motifs is 1. The van der Waals surface area contributed by atoms with Gasteiger partial charge in [0.05, 0.1) is 19.1 Å². The van der Waals surface area contributed by atoms with E-state index >= 15 is 0 Å². The molecule has 3 fully saturated rings. The Morgan fingerprint density at radius 1 is 1.00 bits per heavy atom. The Bertz CT molecular complexity index is 438. The minimum Gasteiger partial charge on any atom is -0.462 e. The first-order valence-electron chi connectivity index (χ1n) is 7.85. The summed E-state index contributed by atoms with van der Waals surface area (Å²) in [6.45, 7) is 1.77. The molecule has 5 unspecified atom stereocenters. The number of esters is 2. The third kappa shape index (κ3) is 3.11. The van der Waals surface area contributed by atoms with Crippen LogP contribution in [-0.2, 0) is 28.5 Å². The predicted molar refractivity (Wildman–Crippen MR) is 72.9 cm³/mol. The van der Waals surface area contributed by atoms with Gasteiger partial charge in [0, 0.05) is 6.92 Å². The zero-order chi connectivity index (χ0) is 15.7. The van der Waals surface area contributed by atoms with Gasteiger partial charge >= 0.3 is 11.9 Å². The predicted octanol–water partition coefficient (Wildman–Crippen LogP) is 0.179. The maximum atomic E-state index is 12.4. The van der Waals surface area contributed by atoms with Crippen LogP contribution in [-0.4, -0.2) is 60.8 Å².